The van der Waals surface area contributed by atoms with Gasteiger partial charge in [0.15, 0.2) is 5.58 Å². The fourth-order valence-electron chi connectivity index (χ4n) is 1.28. The zero-order valence-corrected chi connectivity index (χ0v) is 9.19. The van der Waals surface area contributed by atoms with Crippen molar-refractivity contribution in [1.29, 1.82) is 0 Å². The molecule has 1 aromatic carbocycles. The maximum atomic E-state index is 10.6. The lowest BCUT2D eigenvalue weighted by atomic mass is 10.1. The summed E-state index contributed by atoms with van der Waals surface area (Å²) in [4.78, 5) is 14.7. The molecule has 0 aliphatic carbocycles. The van der Waals surface area contributed by atoms with E-state index in [1.54, 1.807) is 18.2 Å². The molecular weight excluding hydrogens is 297 g/mol. The van der Waals surface area contributed by atoms with Gasteiger partial charge in [0.25, 0.3) is 3.90 Å². The predicted molar refractivity (Wildman–Crippen MR) is 58.1 cm³/mol. The summed E-state index contributed by atoms with van der Waals surface area (Å²) in [5.41, 5.74) is 1.93. The topological polar surface area (TPSA) is 63.3 Å². The summed E-state index contributed by atoms with van der Waals surface area (Å²) >= 11 is 1.96. The number of carboxylic acid groups (broad SMARTS) is 1. The van der Waals surface area contributed by atoms with Crippen LogP contribution < -0.4 is 0 Å². The first-order chi connectivity index (χ1) is 6.66. The van der Waals surface area contributed by atoms with Gasteiger partial charge in [0.2, 0.25) is 0 Å². The van der Waals surface area contributed by atoms with E-state index in [1.807, 2.05) is 22.6 Å². The van der Waals surface area contributed by atoms with E-state index in [2.05, 4.69) is 4.98 Å². The first-order valence-electron chi connectivity index (χ1n) is 3.92. The van der Waals surface area contributed by atoms with E-state index in [1.165, 1.54) is 0 Å². The van der Waals surface area contributed by atoms with Crippen LogP contribution in [0.2, 0.25) is 0 Å². The van der Waals surface area contributed by atoms with Gasteiger partial charge in [-0.25, -0.2) is 4.98 Å². The Kier molecular flexibility index (Phi) is 2.40. The van der Waals surface area contributed by atoms with Gasteiger partial charge in [0.05, 0.1) is 6.42 Å². The Hall–Kier alpha value is -1.11. The predicted octanol–water partition coefficient (Wildman–Crippen LogP) is 2.06. The number of para-hydroxylation sites is 1. The molecule has 0 bridgehead atoms. The van der Waals surface area contributed by atoms with Crippen molar-refractivity contribution in [2.45, 2.75) is 6.42 Å². The third-order valence-electron chi connectivity index (χ3n) is 1.81. The molecule has 0 spiro atoms. The first-order valence-corrected chi connectivity index (χ1v) is 5.00. The highest BCUT2D eigenvalue weighted by Crippen LogP contribution is 2.21. The Morgan fingerprint density at radius 1 is 1.57 bits per heavy atom. The number of benzene rings is 1. The van der Waals surface area contributed by atoms with Crippen LogP contribution in [0.25, 0.3) is 11.1 Å². The second kappa shape index (κ2) is 3.56. The van der Waals surface area contributed by atoms with Crippen LogP contribution in [0.4, 0.5) is 0 Å². The van der Waals surface area contributed by atoms with E-state index >= 15 is 0 Å². The molecule has 0 saturated heterocycles. The van der Waals surface area contributed by atoms with E-state index in [4.69, 9.17) is 9.52 Å². The summed E-state index contributed by atoms with van der Waals surface area (Å²) in [6.45, 7) is 0. The minimum Gasteiger partial charge on any atom is -0.481 e. The van der Waals surface area contributed by atoms with Crippen molar-refractivity contribution < 1.29 is 14.3 Å². The number of hydrogen-bond acceptors (Lipinski definition) is 3. The molecule has 0 unspecified atom stereocenters. The fourth-order valence-corrected chi connectivity index (χ4v) is 1.76. The number of oxazole rings is 1. The number of halogens is 1. The molecule has 72 valence electrons. The molecule has 0 radical (unpaired) electrons. The second-order valence-corrected chi connectivity index (χ2v) is 3.73. The zero-order valence-electron chi connectivity index (χ0n) is 7.03. The van der Waals surface area contributed by atoms with E-state index in [-0.39, 0.29) is 6.42 Å². The molecule has 1 heterocycles. The van der Waals surface area contributed by atoms with E-state index in [0.29, 0.717) is 20.6 Å². The normalized spacial score (nSPS) is 10.6. The largest absolute Gasteiger partial charge is 0.481 e. The van der Waals surface area contributed by atoms with E-state index in [0.717, 1.165) is 0 Å². The van der Waals surface area contributed by atoms with Gasteiger partial charge in [0.1, 0.15) is 5.52 Å². The van der Waals surface area contributed by atoms with Crippen molar-refractivity contribution in [3.05, 3.63) is 27.7 Å². The molecule has 2 rings (SSSR count). The minimum absolute atomic E-state index is 0.0391. The number of fused-ring (bicyclic) bond motifs is 1. The Morgan fingerprint density at radius 3 is 3.07 bits per heavy atom. The highest BCUT2D eigenvalue weighted by atomic mass is 127. The first kappa shape index (κ1) is 9.45. The van der Waals surface area contributed by atoms with Crippen molar-refractivity contribution >= 4 is 39.7 Å². The van der Waals surface area contributed by atoms with E-state index in [9.17, 15) is 4.79 Å². The van der Waals surface area contributed by atoms with Gasteiger partial charge < -0.3 is 9.52 Å². The molecule has 14 heavy (non-hydrogen) atoms. The van der Waals surface area contributed by atoms with Crippen LogP contribution in [0.15, 0.2) is 22.6 Å². The SMILES string of the molecule is O=C(O)Cc1cccc2nc(I)oc12. The monoisotopic (exact) mass is 303 g/mol. The van der Waals surface area contributed by atoms with Crippen molar-refractivity contribution in [3.63, 3.8) is 0 Å². The number of carboxylic acids is 1. The molecule has 2 aromatic rings. The molecule has 1 N–H and O–H groups in total. The molecule has 0 amide bonds. The van der Waals surface area contributed by atoms with Crippen LogP contribution in [-0.4, -0.2) is 16.1 Å². The number of aliphatic carboxylic acids is 1. The number of carbonyl (C=O) groups is 1. The molecule has 0 aliphatic rings. The summed E-state index contributed by atoms with van der Waals surface area (Å²) in [6.07, 6.45) is -0.0391. The Balaban J connectivity index is 2.58. The van der Waals surface area contributed by atoms with Crippen LogP contribution in [0.5, 0.6) is 0 Å². The average molecular weight is 303 g/mol. The van der Waals surface area contributed by atoms with Crippen LogP contribution >= 0.6 is 22.6 Å². The number of nitrogens with zero attached hydrogens (tertiary/aromatic N) is 1. The van der Waals surface area contributed by atoms with Gasteiger partial charge >= 0.3 is 5.97 Å². The van der Waals surface area contributed by atoms with Crippen LogP contribution in [0.3, 0.4) is 0 Å². The molecule has 0 aliphatic heterocycles. The third kappa shape index (κ3) is 1.72. The van der Waals surface area contributed by atoms with Gasteiger partial charge in [-0.15, -0.1) is 0 Å². The zero-order chi connectivity index (χ0) is 10.1. The number of aromatic nitrogens is 1. The summed E-state index contributed by atoms with van der Waals surface area (Å²) in [7, 11) is 0. The van der Waals surface area contributed by atoms with Crippen molar-refractivity contribution in [3.8, 4) is 0 Å². The Labute approximate surface area is 93.1 Å². The Bertz CT molecular complexity index is 492. The summed E-state index contributed by atoms with van der Waals surface area (Å²) in [6, 6.07) is 5.31. The van der Waals surface area contributed by atoms with Crippen LogP contribution in [0, 0.1) is 3.90 Å². The lowest BCUT2D eigenvalue weighted by Gasteiger charge is -1.95. The summed E-state index contributed by atoms with van der Waals surface area (Å²) in [5, 5.41) is 8.67. The van der Waals surface area contributed by atoms with Gasteiger partial charge in [-0.1, -0.05) is 12.1 Å². The quantitative estimate of drug-likeness (QED) is 0.863. The standard InChI is InChI=1S/C9H6INO3/c10-9-11-6-3-1-2-5(4-7(12)13)8(6)14-9/h1-3H,4H2,(H,12,13). The maximum absolute atomic E-state index is 10.6. The van der Waals surface area contributed by atoms with Gasteiger partial charge in [0, 0.05) is 28.2 Å². The molecule has 4 nitrogen and oxygen atoms in total. The molecule has 0 atom stereocenters. The molecule has 0 saturated carbocycles. The third-order valence-corrected chi connectivity index (χ3v) is 2.27. The highest BCUT2D eigenvalue weighted by molar-refractivity contribution is 14.1. The van der Waals surface area contributed by atoms with Gasteiger partial charge in [-0.2, -0.15) is 0 Å². The number of rotatable bonds is 2. The molecule has 1 aromatic heterocycles. The van der Waals surface area contributed by atoms with E-state index < -0.39 is 5.97 Å². The number of hydrogen-bond donors (Lipinski definition) is 1. The lowest BCUT2D eigenvalue weighted by Crippen LogP contribution is -1.99. The lowest BCUT2D eigenvalue weighted by molar-refractivity contribution is -0.136. The molecule has 5 heteroatoms. The van der Waals surface area contributed by atoms with Gasteiger partial charge in [-0.3, -0.25) is 4.79 Å². The smallest absolute Gasteiger partial charge is 0.307 e. The van der Waals surface area contributed by atoms with Crippen molar-refractivity contribution in [2.75, 3.05) is 0 Å². The van der Waals surface area contributed by atoms with Gasteiger partial charge in [-0.05, 0) is 6.07 Å². The average Bonchev–Trinajstić information content (AvgIpc) is 2.45. The minimum atomic E-state index is -0.871. The maximum Gasteiger partial charge on any atom is 0.307 e. The Morgan fingerprint density at radius 2 is 2.36 bits per heavy atom. The molecular formula is C9H6INO3. The second-order valence-electron chi connectivity index (χ2n) is 2.80. The summed E-state index contributed by atoms with van der Waals surface area (Å²) in [5.74, 6) is -0.871. The van der Waals surface area contributed by atoms with Crippen LogP contribution in [0.1, 0.15) is 5.56 Å². The fraction of sp³-hybridized carbons (Fsp3) is 0.111. The summed E-state index contributed by atoms with van der Waals surface area (Å²) < 4.78 is 5.84. The molecule has 0 fully saturated rings. The highest BCUT2D eigenvalue weighted by Gasteiger charge is 2.10. The van der Waals surface area contributed by atoms with Crippen LogP contribution in [-0.2, 0) is 11.2 Å². The van der Waals surface area contributed by atoms with Crippen molar-refractivity contribution in [2.24, 2.45) is 0 Å². The van der Waals surface area contributed by atoms with Crippen molar-refractivity contribution in [1.82, 2.24) is 4.98 Å².